The van der Waals surface area contributed by atoms with E-state index in [-0.39, 0.29) is 34.1 Å². The first-order valence-corrected chi connectivity index (χ1v) is 11.7. The zero-order valence-electron chi connectivity index (χ0n) is 22.2. The molecule has 0 unspecified atom stereocenters. The Labute approximate surface area is 225 Å². The van der Waals surface area contributed by atoms with Crippen LogP contribution in [0.3, 0.4) is 0 Å². The average molecular weight is 537 g/mol. The fourth-order valence-electron chi connectivity index (χ4n) is 3.71. The van der Waals surface area contributed by atoms with Crippen LogP contribution in [0.2, 0.25) is 0 Å². The van der Waals surface area contributed by atoms with Gasteiger partial charge in [0.2, 0.25) is 5.95 Å². The number of anilines is 1. The molecular weight excluding hydrogens is 506 g/mol. The number of benzene rings is 1. The maximum atomic E-state index is 14.1. The average Bonchev–Trinajstić information content (AvgIpc) is 3.34. The smallest absolute Gasteiger partial charge is 0.274 e. The zero-order valence-corrected chi connectivity index (χ0v) is 22.2. The maximum Gasteiger partial charge on any atom is 0.274 e. The van der Waals surface area contributed by atoms with Gasteiger partial charge >= 0.3 is 0 Å². The zero-order chi connectivity index (χ0) is 29.5. The molecule has 0 radical (unpaired) electrons. The topological polar surface area (TPSA) is 135 Å². The van der Waals surface area contributed by atoms with Gasteiger partial charge in [-0.3, -0.25) is 9.78 Å². The van der Waals surface area contributed by atoms with Crippen molar-refractivity contribution in [2.75, 3.05) is 19.3 Å². The fraction of sp³-hybridized carbons (Fsp3) is 0.333. The quantitative estimate of drug-likeness (QED) is 0.272. The number of hydrogen-bond acceptors (Lipinski definition) is 8. The number of hydrogen-bond donors (Lipinski definition) is 2. The van der Waals surface area contributed by atoms with Crippen molar-refractivity contribution in [1.82, 2.24) is 34.4 Å². The molecule has 4 rings (SSSR count). The fourth-order valence-corrected chi connectivity index (χ4v) is 3.71. The van der Waals surface area contributed by atoms with Crippen LogP contribution in [0, 0.1) is 44.3 Å². The Balaban J connectivity index is 0.00000127. The number of nitrogens with two attached hydrogens (primary N) is 1. The molecule has 1 aromatic carbocycles. The van der Waals surface area contributed by atoms with Gasteiger partial charge in [0.1, 0.15) is 22.6 Å². The van der Waals surface area contributed by atoms with Crippen molar-refractivity contribution in [1.29, 1.82) is 0 Å². The van der Waals surface area contributed by atoms with Gasteiger partial charge in [-0.2, -0.15) is 4.52 Å². The summed E-state index contributed by atoms with van der Waals surface area (Å²) in [5, 5.41) is 14.6. The number of unbranched alkanes of at least 4 members (excludes halogenated alkanes) is 1. The predicted molar refractivity (Wildman–Crippen MR) is 144 cm³/mol. The van der Waals surface area contributed by atoms with Gasteiger partial charge in [-0.1, -0.05) is 0 Å². The highest BCUT2D eigenvalue weighted by molar-refractivity contribution is 5.93. The van der Waals surface area contributed by atoms with Crippen molar-refractivity contribution in [2.45, 2.75) is 45.6 Å². The molecule has 0 aliphatic carbocycles. The van der Waals surface area contributed by atoms with Crippen LogP contribution < -0.4 is 5.73 Å². The Morgan fingerprint density at radius 1 is 1.13 bits per heavy atom. The second-order valence-electron chi connectivity index (χ2n) is 8.95. The van der Waals surface area contributed by atoms with Gasteiger partial charge in [0.25, 0.3) is 5.91 Å². The Bertz CT molecular complexity index is 1520. The van der Waals surface area contributed by atoms with Crippen molar-refractivity contribution in [3.8, 4) is 25.7 Å². The molecule has 204 valence electrons. The number of carbonyl (C=O) groups is 1. The van der Waals surface area contributed by atoms with Gasteiger partial charge in [0.05, 0.1) is 23.0 Å². The molecule has 39 heavy (non-hydrogen) atoms. The number of nitrogens with zero attached hydrogens (tertiary/aromatic N) is 7. The Kier molecular flexibility index (Phi) is 9.96. The first kappa shape index (κ1) is 30.5. The van der Waals surface area contributed by atoms with E-state index in [4.69, 9.17) is 5.73 Å². The van der Waals surface area contributed by atoms with Gasteiger partial charge in [-0.25, -0.2) is 23.7 Å². The van der Waals surface area contributed by atoms with Crippen LogP contribution in [-0.4, -0.2) is 59.1 Å². The van der Waals surface area contributed by atoms with Crippen LogP contribution in [0.5, 0.6) is 0 Å². The van der Waals surface area contributed by atoms with Gasteiger partial charge in [0.15, 0.2) is 17.3 Å². The van der Waals surface area contributed by atoms with Crippen molar-refractivity contribution >= 4 is 28.4 Å². The molecule has 12 heteroatoms. The predicted octanol–water partition coefficient (Wildman–Crippen LogP) is 3.06. The Morgan fingerprint density at radius 3 is 2.41 bits per heavy atom. The summed E-state index contributed by atoms with van der Waals surface area (Å²) in [5.74, 6) is -1.42. The highest BCUT2D eigenvalue weighted by Crippen LogP contribution is 2.24. The minimum absolute atomic E-state index is 0.0471. The summed E-state index contributed by atoms with van der Waals surface area (Å²) in [5.41, 5.74) is 5.98. The lowest BCUT2D eigenvalue weighted by Crippen LogP contribution is -2.30. The van der Waals surface area contributed by atoms with Crippen LogP contribution in [0.15, 0.2) is 18.3 Å². The lowest BCUT2D eigenvalue weighted by Gasteiger charge is -2.20. The summed E-state index contributed by atoms with van der Waals surface area (Å²) in [7, 11) is 1.68. The number of carbonyl (C=O) groups excluding carboxylic acids is 1. The van der Waals surface area contributed by atoms with Gasteiger partial charge in [-0.15, -0.1) is 30.8 Å². The molecule has 0 aliphatic rings. The monoisotopic (exact) mass is 536 g/mol. The lowest BCUT2D eigenvalue weighted by atomic mass is 10.1. The van der Waals surface area contributed by atoms with E-state index in [2.05, 4.69) is 50.7 Å². The summed E-state index contributed by atoms with van der Waals surface area (Å²) in [6, 6.07) is 1.90. The van der Waals surface area contributed by atoms with E-state index in [0.29, 0.717) is 43.0 Å². The number of aliphatic hydroxyl groups is 1. The van der Waals surface area contributed by atoms with E-state index >= 15 is 0 Å². The number of rotatable bonds is 7. The van der Waals surface area contributed by atoms with E-state index in [1.54, 1.807) is 32.7 Å². The maximum absolute atomic E-state index is 14.1. The molecule has 4 aromatic rings. The molecule has 0 bridgehead atoms. The Morgan fingerprint density at radius 2 is 1.79 bits per heavy atom. The van der Waals surface area contributed by atoms with E-state index in [1.807, 2.05) is 0 Å². The van der Waals surface area contributed by atoms with Crippen molar-refractivity contribution in [3.63, 3.8) is 0 Å². The van der Waals surface area contributed by atoms with Crippen molar-refractivity contribution < 1.29 is 18.7 Å². The summed E-state index contributed by atoms with van der Waals surface area (Å²) >= 11 is 0. The SMILES string of the molecule is C#C.C#C.Cc1nc(C(C)(C)O)cnc1C(=O)N(C)CCCCc1nc2c3cc(F)cc(F)c3nc(N)n2n1. The molecule has 0 aliphatic heterocycles. The summed E-state index contributed by atoms with van der Waals surface area (Å²) in [6.07, 6.45) is 19.2. The first-order chi connectivity index (χ1) is 18.5. The number of amides is 1. The van der Waals surface area contributed by atoms with Crippen LogP contribution in [-0.2, 0) is 12.0 Å². The second kappa shape index (κ2) is 12.7. The van der Waals surface area contributed by atoms with Crippen LogP contribution in [0.4, 0.5) is 14.7 Å². The molecule has 1 amide bonds. The summed E-state index contributed by atoms with van der Waals surface area (Å²) < 4.78 is 29.1. The molecule has 0 fully saturated rings. The molecule has 0 saturated carbocycles. The van der Waals surface area contributed by atoms with E-state index in [0.717, 1.165) is 12.1 Å². The normalized spacial score (nSPS) is 10.8. The molecule has 0 atom stereocenters. The van der Waals surface area contributed by atoms with E-state index in [9.17, 15) is 18.7 Å². The number of aromatic nitrogens is 6. The summed E-state index contributed by atoms with van der Waals surface area (Å²) in [6.45, 7) is 5.35. The van der Waals surface area contributed by atoms with Crippen LogP contribution >= 0.6 is 0 Å². The molecule has 0 saturated heterocycles. The number of fused-ring (bicyclic) bond motifs is 3. The first-order valence-electron chi connectivity index (χ1n) is 11.7. The number of nitrogen functional groups attached to an aromatic ring is 1. The van der Waals surface area contributed by atoms with Crippen molar-refractivity contribution in [3.05, 3.63) is 52.9 Å². The third-order valence-electron chi connectivity index (χ3n) is 5.63. The van der Waals surface area contributed by atoms with Crippen molar-refractivity contribution in [2.24, 2.45) is 0 Å². The molecule has 0 spiro atoms. The molecule has 3 heterocycles. The van der Waals surface area contributed by atoms with Gasteiger partial charge < -0.3 is 15.7 Å². The Hall–Kier alpha value is -4.68. The highest BCUT2D eigenvalue weighted by Gasteiger charge is 2.22. The van der Waals surface area contributed by atoms with E-state index in [1.165, 1.54) is 10.7 Å². The third kappa shape index (κ3) is 6.80. The summed E-state index contributed by atoms with van der Waals surface area (Å²) in [4.78, 5) is 31.2. The minimum Gasteiger partial charge on any atom is -0.384 e. The number of terminal acetylenes is 2. The standard InChI is InChI=1S/C23H26F2N8O2.2C2H2/c1-12-18(27-11-16(28-12)23(2,3)35)21(34)32(4)8-6-5-7-17-29-20-14-9-13(24)10-15(25)19(14)30-22(26)33(20)31-17;2*1-2/h9-11,35H,5-8H2,1-4H3,(H2,26,30);2*1-2H. The largest absolute Gasteiger partial charge is 0.384 e. The van der Waals surface area contributed by atoms with Crippen LogP contribution in [0.25, 0.3) is 16.6 Å². The number of halogens is 2. The second-order valence-corrected chi connectivity index (χ2v) is 8.95. The molecule has 3 aromatic heterocycles. The molecular formula is C27H30F2N8O2. The van der Waals surface area contributed by atoms with Gasteiger partial charge in [-0.05, 0) is 39.7 Å². The van der Waals surface area contributed by atoms with E-state index < -0.39 is 17.2 Å². The third-order valence-corrected chi connectivity index (χ3v) is 5.63. The van der Waals surface area contributed by atoms with Crippen LogP contribution in [0.1, 0.15) is 54.4 Å². The molecule has 3 N–H and O–H groups in total. The number of aryl methyl sites for hydroxylation is 2. The van der Waals surface area contributed by atoms with Gasteiger partial charge in [0, 0.05) is 26.1 Å². The minimum atomic E-state index is -1.15. The highest BCUT2D eigenvalue weighted by atomic mass is 19.1. The molecule has 10 nitrogen and oxygen atoms in total. The lowest BCUT2D eigenvalue weighted by molar-refractivity contribution is 0.0719.